The molecule has 0 aliphatic heterocycles. The first kappa shape index (κ1) is 21.6. The maximum absolute atomic E-state index is 12.3. The van der Waals surface area contributed by atoms with Gasteiger partial charge in [0.25, 0.3) is 11.5 Å². The zero-order valence-electron chi connectivity index (χ0n) is 16.1. The van der Waals surface area contributed by atoms with Crippen LogP contribution in [0.15, 0.2) is 33.9 Å². The van der Waals surface area contributed by atoms with E-state index in [9.17, 15) is 24.0 Å². The number of nitrogens with zero attached hydrogens (tertiary/aromatic N) is 1. The summed E-state index contributed by atoms with van der Waals surface area (Å²) in [5.74, 6) is -2.47. The Kier molecular flexibility index (Phi) is 7.07. The van der Waals surface area contributed by atoms with Gasteiger partial charge >= 0.3 is 11.7 Å². The Morgan fingerprint density at radius 3 is 2.62 bits per heavy atom. The number of carbonyl (C=O) groups excluding carboxylic acids is 3. The third-order valence-electron chi connectivity index (χ3n) is 4.00. The number of hydrogen-bond acceptors (Lipinski definition) is 7. The molecule has 1 heterocycles. The molecule has 0 bridgehead atoms. The number of rotatable bonds is 8. The molecule has 0 radical (unpaired) electrons. The van der Waals surface area contributed by atoms with Gasteiger partial charge in [0.2, 0.25) is 5.78 Å². The average molecular weight is 402 g/mol. The van der Waals surface area contributed by atoms with Crippen LogP contribution in [0.2, 0.25) is 0 Å². The zero-order chi connectivity index (χ0) is 21.6. The lowest BCUT2D eigenvalue weighted by Gasteiger charge is -2.11. The number of nitrogen functional groups attached to an aromatic ring is 1. The van der Waals surface area contributed by atoms with Crippen molar-refractivity contribution in [3.63, 3.8) is 0 Å². The van der Waals surface area contributed by atoms with E-state index in [0.717, 1.165) is 10.1 Å². The number of nitrogens with one attached hydrogen (secondary N) is 2. The lowest BCUT2D eigenvalue weighted by atomic mass is 10.1. The molecule has 10 nitrogen and oxygen atoms in total. The third kappa shape index (κ3) is 5.41. The van der Waals surface area contributed by atoms with E-state index in [2.05, 4.69) is 5.32 Å². The number of nitrogens with two attached hydrogens (primary N) is 1. The van der Waals surface area contributed by atoms with Gasteiger partial charge in [0.05, 0.1) is 0 Å². The van der Waals surface area contributed by atoms with Crippen LogP contribution in [-0.2, 0) is 16.1 Å². The van der Waals surface area contributed by atoms with Gasteiger partial charge < -0.3 is 15.8 Å². The highest BCUT2D eigenvalue weighted by molar-refractivity contribution is 6.01. The molecule has 0 unspecified atom stereocenters. The molecule has 29 heavy (non-hydrogen) atoms. The predicted molar refractivity (Wildman–Crippen MR) is 105 cm³/mol. The van der Waals surface area contributed by atoms with Crippen LogP contribution in [-0.4, -0.2) is 40.4 Å². The van der Waals surface area contributed by atoms with Crippen molar-refractivity contribution in [1.29, 1.82) is 0 Å². The summed E-state index contributed by atoms with van der Waals surface area (Å²) in [5.41, 5.74) is 4.93. The summed E-state index contributed by atoms with van der Waals surface area (Å²) in [4.78, 5) is 61.8. The number of benzene rings is 1. The smallest absolute Gasteiger partial charge is 0.329 e. The van der Waals surface area contributed by atoms with Gasteiger partial charge in [-0.15, -0.1) is 0 Å². The van der Waals surface area contributed by atoms with E-state index in [-0.39, 0.29) is 12.4 Å². The third-order valence-corrected chi connectivity index (χ3v) is 4.00. The van der Waals surface area contributed by atoms with Crippen molar-refractivity contribution in [2.75, 3.05) is 18.9 Å². The van der Waals surface area contributed by atoms with E-state index in [1.165, 1.54) is 0 Å². The summed E-state index contributed by atoms with van der Waals surface area (Å²) in [6.45, 7) is 2.63. The van der Waals surface area contributed by atoms with Gasteiger partial charge in [0.1, 0.15) is 17.9 Å². The lowest BCUT2D eigenvalue weighted by molar-refractivity contribution is -0.141. The summed E-state index contributed by atoms with van der Waals surface area (Å²) in [6, 6.07) is 6.79. The molecule has 4 N–H and O–H groups in total. The second kappa shape index (κ2) is 9.49. The van der Waals surface area contributed by atoms with Gasteiger partial charge in [-0.3, -0.25) is 28.7 Å². The van der Waals surface area contributed by atoms with Crippen molar-refractivity contribution in [1.82, 2.24) is 14.9 Å². The molecule has 1 amide bonds. The molecule has 10 heteroatoms. The summed E-state index contributed by atoms with van der Waals surface area (Å²) in [7, 11) is 0. The van der Waals surface area contributed by atoms with E-state index < -0.39 is 47.6 Å². The highest BCUT2D eigenvalue weighted by Crippen LogP contribution is 2.06. The lowest BCUT2D eigenvalue weighted by Crippen LogP contribution is -2.37. The number of aromatic nitrogens is 2. The molecule has 0 saturated carbocycles. The van der Waals surface area contributed by atoms with Crippen LogP contribution in [0, 0.1) is 6.92 Å². The van der Waals surface area contributed by atoms with Crippen LogP contribution in [0.4, 0.5) is 5.82 Å². The topological polar surface area (TPSA) is 153 Å². The monoisotopic (exact) mass is 402 g/mol. The Balaban J connectivity index is 1.98. The quantitative estimate of drug-likeness (QED) is 0.415. The van der Waals surface area contributed by atoms with Gasteiger partial charge in [0.15, 0.2) is 6.61 Å². The molecule has 0 atom stereocenters. The number of ketones is 1. The van der Waals surface area contributed by atoms with Crippen LogP contribution in [0.5, 0.6) is 0 Å². The Bertz CT molecular complexity index is 1050. The van der Waals surface area contributed by atoms with Crippen LogP contribution in [0.1, 0.15) is 39.6 Å². The molecule has 154 valence electrons. The Morgan fingerprint density at radius 2 is 1.97 bits per heavy atom. The second-order valence-corrected chi connectivity index (χ2v) is 6.31. The number of ether oxygens (including phenoxy) is 1. The minimum Gasteiger partial charge on any atom is -0.456 e. The number of esters is 1. The maximum Gasteiger partial charge on any atom is 0.329 e. The molecular weight excluding hydrogens is 380 g/mol. The largest absolute Gasteiger partial charge is 0.456 e. The molecule has 0 spiro atoms. The highest BCUT2D eigenvalue weighted by atomic mass is 16.5. The van der Waals surface area contributed by atoms with Crippen LogP contribution < -0.4 is 22.3 Å². The van der Waals surface area contributed by atoms with Crippen molar-refractivity contribution in [3.8, 4) is 0 Å². The number of Topliss-reactive ketones (excluding diaryl/α,β-unsaturated/α-hetero) is 1. The molecule has 2 rings (SSSR count). The minimum absolute atomic E-state index is 0.215. The normalized spacial score (nSPS) is 10.4. The maximum atomic E-state index is 12.3. The molecule has 0 saturated heterocycles. The number of aromatic amines is 1. The van der Waals surface area contributed by atoms with Gasteiger partial charge in [-0.2, -0.15) is 0 Å². The number of carbonyl (C=O) groups is 3. The van der Waals surface area contributed by atoms with Crippen LogP contribution in [0.25, 0.3) is 0 Å². The van der Waals surface area contributed by atoms with Gasteiger partial charge in [0, 0.05) is 12.1 Å². The molecule has 1 aromatic carbocycles. The van der Waals surface area contributed by atoms with E-state index in [1.54, 1.807) is 25.1 Å². The number of H-pyrrole nitrogens is 1. The minimum atomic E-state index is -0.950. The fourth-order valence-corrected chi connectivity index (χ4v) is 2.61. The van der Waals surface area contributed by atoms with Gasteiger partial charge in [-0.05, 0) is 25.5 Å². The van der Waals surface area contributed by atoms with E-state index in [0.29, 0.717) is 12.0 Å². The van der Waals surface area contributed by atoms with Gasteiger partial charge in [-0.25, -0.2) is 4.79 Å². The van der Waals surface area contributed by atoms with E-state index in [1.807, 2.05) is 18.0 Å². The van der Waals surface area contributed by atoms with Gasteiger partial charge in [-0.1, -0.05) is 24.6 Å². The predicted octanol–water partition coefficient (Wildman–Crippen LogP) is -0.00688. The molecular formula is C19H22N4O6. The van der Waals surface area contributed by atoms with Crippen molar-refractivity contribution in [2.45, 2.75) is 26.8 Å². The number of amides is 1. The Labute approximate surface area is 165 Å². The van der Waals surface area contributed by atoms with E-state index >= 15 is 0 Å². The van der Waals surface area contributed by atoms with Crippen molar-refractivity contribution in [2.24, 2.45) is 0 Å². The standard InChI is InChI=1S/C19H22N4O6/c1-3-7-23-16(20)15(18(27)22-19(23)28)13(24)10-29-14(25)9-21-17(26)12-6-4-5-11(2)8-12/h4-6,8H,3,7,9-10,20H2,1-2H3,(H,21,26)(H,22,27,28). The molecule has 1 aromatic heterocycles. The van der Waals surface area contributed by atoms with Crippen LogP contribution in [0.3, 0.4) is 0 Å². The summed E-state index contributed by atoms with van der Waals surface area (Å²) < 4.78 is 5.88. The SMILES string of the molecule is CCCn1c(N)c(C(=O)COC(=O)CNC(=O)c2cccc(C)c2)c(=O)[nH]c1=O. The van der Waals surface area contributed by atoms with E-state index in [4.69, 9.17) is 10.5 Å². The van der Waals surface area contributed by atoms with Crippen LogP contribution >= 0.6 is 0 Å². The Morgan fingerprint density at radius 1 is 1.24 bits per heavy atom. The first-order valence-electron chi connectivity index (χ1n) is 8.90. The number of anilines is 1. The fraction of sp³-hybridized carbons (Fsp3) is 0.316. The zero-order valence-corrected chi connectivity index (χ0v) is 16.1. The van der Waals surface area contributed by atoms with Crippen molar-refractivity contribution >= 4 is 23.5 Å². The van der Waals surface area contributed by atoms with Crippen molar-refractivity contribution < 1.29 is 19.1 Å². The average Bonchev–Trinajstić information content (AvgIpc) is 2.67. The number of hydrogen-bond donors (Lipinski definition) is 3. The first-order chi connectivity index (χ1) is 13.7. The number of aryl methyl sites for hydroxylation is 1. The highest BCUT2D eigenvalue weighted by Gasteiger charge is 2.20. The fourth-order valence-electron chi connectivity index (χ4n) is 2.61. The molecule has 0 aliphatic carbocycles. The first-order valence-corrected chi connectivity index (χ1v) is 8.90. The van der Waals surface area contributed by atoms with Crippen molar-refractivity contribution in [3.05, 3.63) is 61.8 Å². The molecule has 0 fully saturated rings. The summed E-state index contributed by atoms with van der Waals surface area (Å²) in [5, 5.41) is 2.38. The summed E-state index contributed by atoms with van der Waals surface area (Å²) >= 11 is 0. The summed E-state index contributed by atoms with van der Waals surface area (Å²) in [6.07, 6.45) is 0.555. The Hall–Kier alpha value is -3.69. The molecule has 2 aromatic rings. The molecule has 0 aliphatic rings. The second-order valence-electron chi connectivity index (χ2n) is 6.31.